The van der Waals surface area contributed by atoms with E-state index in [4.69, 9.17) is 0 Å². The zero-order valence-electron chi connectivity index (χ0n) is 20.2. The first kappa shape index (κ1) is 23.3. The van der Waals surface area contributed by atoms with E-state index >= 15 is 0 Å². The Morgan fingerprint density at radius 1 is 0.658 bits per heavy atom. The quantitative estimate of drug-likeness (QED) is 0.283. The molecule has 8 nitrogen and oxygen atoms in total. The maximum atomic E-state index is 14.8. The number of halogens is 2. The zero-order chi connectivity index (χ0) is 26.1. The van der Waals surface area contributed by atoms with Crippen LogP contribution in [0.25, 0.3) is 22.1 Å². The Kier molecular flexibility index (Phi) is 5.97. The van der Waals surface area contributed by atoms with E-state index in [0.29, 0.717) is 29.3 Å². The van der Waals surface area contributed by atoms with E-state index < -0.39 is 11.6 Å². The molecule has 0 aromatic carbocycles. The summed E-state index contributed by atoms with van der Waals surface area (Å²) >= 11 is 0. The highest BCUT2D eigenvalue weighted by atomic mass is 19.1. The average Bonchev–Trinajstić information content (AvgIpc) is 2.91. The number of anilines is 4. The second-order valence-corrected chi connectivity index (χ2v) is 8.72. The molecule has 0 radical (unpaired) electrons. The fourth-order valence-corrected chi connectivity index (χ4v) is 4.10. The van der Waals surface area contributed by atoms with Gasteiger partial charge in [0, 0.05) is 30.4 Å². The molecule has 10 heteroatoms. The van der Waals surface area contributed by atoms with Crippen LogP contribution in [0, 0.1) is 18.6 Å². The van der Waals surface area contributed by atoms with Crippen molar-refractivity contribution in [1.29, 1.82) is 0 Å². The van der Waals surface area contributed by atoms with Crippen molar-refractivity contribution in [2.24, 2.45) is 0 Å². The number of nitrogens with zero attached hydrogens (tertiary/aromatic N) is 6. The van der Waals surface area contributed by atoms with Gasteiger partial charge in [0.25, 0.3) is 0 Å². The molecule has 0 bridgehead atoms. The second kappa shape index (κ2) is 9.74. The summed E-state index contributed by atoms with van der Waals surface area (Å²) in [6.07, 6.45) is 6.69. The number of hydrogen-bond acceptors (Lipinski definition) is 8. The Hall–Kier alpha value is -5.12. The first-order chi connectivity index (χ1) is 18.5. The van der Waals surface area contributed by atoms with E-state index in [0.717, 1.165) is 28.4 Å². The zero-order valence-corrected chi connectivity index (χ0v) is 20.2. The van der Waals surface area contributed by atoms with Gasteiger partial charge in [0.1, 0.15) is 23.0 Å². The van der Waals surface area contributed by atoms with Crippen molar-refractivity contribution < 1.29 is 8.78 Å². The van der Waals surface area contributed by atoms with Crippen LogP contribution in [0.3, 0.4) is 0 Å². The summed E-state index contributed by atoms with van der Waals surface area (Å²) in [6.45, 7) is 1.74. The monoisotopic (exact) mass is 506 g/mol. The molecule has 0 amide bonds. The van der Waals surface area contributed by atoms with Gasteiger partial charge < -0.3 is 10.6 Å². The summed E-state index contributed by atoms with van der Waals surface area (Å²) in [7, 11) is 0. The molecule has 0 aliphatic rings. The van der Waals surface area contributed by atoms with Crippen molar-refractivity contribution in [3.05, 3.63) is 108 Å². The van der Waals surface area contributed by atoms with E-state index in [9.17, 15) is 8.78 Å². The van der Waals surface area contributed by atoms with Crippen molar-refractivity contribution in [1.82, 2.24) is 29.9 Å². The molecule has 6 aromatic rings. The van der Waals surface area contributed by atoms with Gasteiger partial charge in [-0.25, -0.2) is 23.7 Å². The van der Waals surface area contributed by atoms with E-state index in [-0.39, 0.29) is 17.0 Å². The lowest BCUT2D eigenvalue weighted by atomic mass is 10.1. The van der Waals surface area contributed by atoms with E-state index in [2.05, 4.69) is 40.5 Å². The van der Waals surface area contributed by atoms with Gasteiger partial charge >= 0.3 is 0 Å². The molecule has 2 N–H and O–H groups in total. The van der Waals surface area contributed by atoms with Gasteiger partial charge in [-0.05, 0) is 73.0 Å². The minimum absolute atomic E-state index is 0.139. The fraction of sp³-hybridized carbons (Fsp3) is 0.0714. The lowest BCUT2D eigenvalue weighted by Gasteiger charge is -2.10. The third kappa shape index (κ3) is 4.92. The Labute approximate surface area is 215 Å². The Balaban J connectivity index is 1.24. The van der Waals surface area contributed by atoms with Crippen LogP contribution in [0.5, 0.6) is 0 Å². The molecule has 0 saturated carbocycles. The normalized spacial score (nSPS) is 11.1. The number of rotatable bonds is 6. The summed E-state index contributed by atoms with van der Waals surface area (Å²) in [4.78, 5) is 25.9. The van der Waals surface area contributed by atoms with Gasteiger partial charge in [-0.3, -0.25) is 15.0 Å². The van der Waals surface area contributed by atoms with E-state index in [1.54, 1.807) is 31.6 Å². The summed E-state index contributed by atoms with van der Waals surface area (Å²) in [5.41, 5.74) is 4.69. The molecule has 0 fully saturated rings. The molecule has 0 atom stereocenters. The molecular formula is C28H20F2N8. The summed E-state index contributed by atoms with van der Waals surface area (Å²) in [5, 5.41) is 6.06. The highest BCUT2D eigenvalue weighted by molar-refractivity contribution is 5.79. The minimum Gasteiger partial charge on any atom is -0.338 e. The lowest BCUT2D eigenvalue weighted by Crippen LogP contribution is -2.01. The summed E-state index contributed by atoms with van der Waals surface area (Å²) < 4.78 is 28.9. The molecule has 0 unspecified atom stereocenters. The number of aromatic nitrogens is 6. The Morgan fingerprint density at radius 2 is 1.55 bits per heavy atom. The SMILES string of the molecule is Cc1cc(Nc2cc(F)c3ncc(Cc4ccnc(Nc5ccc6ncccc6n5)c4)cc3n2)c(F)cn1. The van der Waals surface area contributed by atoms with Gasteiger partial charge in [-0.15, -0.1) is 0 Å². The second-order valence-electron chi connectivity index (χ2n) is 8.72. The van der Waals surface area contributed by atoms with Gasteiger partial charge in [0.05, 0.1) is 28.4 Å². The van der Waals surface area contributed by atoms with Crippen molar-refractivity contribution in [2.75, 3.05) is 10.6 Å². The molecule has 6 rings (SSSR count). The van der Waals surface area contributed by atoms with Gasteiger partial charge in [0.2, 0.25) is 0 Å². The van der Waals surface area contributed by atoms with Crippen molar-refractivity contribution in [3.8, 4) is 0 Å². The van der Waals surface area contributed by atoms with Gasteiger partial charge in [-0.1, -0.05) is 0 Å². The molecule has 186 valence electrons. The van der Waals surface area contributed by atoms with Crippen LogP contribution < -0.4 is 10.6 Å². The number of fused-ring (bicyclic) bond motifs is 2. The number of pyridine rings is 6. The van der Waals surface area contributed by atoms with Crippen LogP contribution in [-0.4, -0.2) is 29.9 Å². The lowest BCUT2D eigenvalue weighted by molar-refractivity contribution is 0.623. The van der Waals surface area contributed by atoms with Crippen LogP contribution in [0.1, 0.15) is 16.8 Å². The van der Waals surface area contributed by atoms with E-state index in [1.807, 2.05) is 36.4 Å². The van der Waals surface area contributed by atoms with Crippen molar-refractivity contribution in [3.63, 3.8) is 0 Å². The van der Waals surface area contributed by atoms with Gasteiger partial charge in [0.15, 0.2) is 11.6 Å². The van der Waals surface area contributed by atoms with Crippen LogP contribution in [-0.2, 0) is 6.42 Å². The molecule has 0 aliphatic carbocycles. The molecule has 6 heterocycles. The predicted octanol–water partition coefficient (Wildman–Crippen LogP) is 6.03. The summed E-state index contributed by atoms with van der Waals surface area (Å²) in [6, 6.07) is 15.8. The molecular weight excluding hydrogens is 486 g/mol. The predicted molar refractivity (Wildman–Crippen MR) is 142 cm³/mol. The molecule has 0 aliphatic heterocycles. The van der Waals surface area contributed by atoms with Gasteiger partial charge in [-0.2, -0.15) is 0 Å². The van der Waals surface area contributed by atoms with Crippen LogP contribution >= 0.6 is 0 Å². The molecule has 38 heavy (non-hydrogen) atoms. The standard InChI is InChI=1S/C28H20F2N8/c1-16-9-23(20(30)15-33-16)36-27-13-19(29)28-24(37-27)11-18(14-34-28)10-17-6-8-32-26(12-17)38-25-5-4-21-22(35-25)3-2-7-31-21/h2-9,11-15H,10H2,1H3,(H,32,35,38)(H,33,36,37). The third-order valence-corrected chi connectivity index (χ3v) is 5.85. The number of hydrogen-bond donors (Lipinski definition) is 2. The largest absolute Gasteiger partial charge is 0.338 e. The Bertz CT molecular complexity index is 1810. The number of nitrogens with one attached hydrogen (secondary N) is 2. The van der Waals surface area contributed by atoms with Crippen LogP contribution in [0.15, 0.2) is 79.4 Å². The topological polar surface area (TPSA) is 101 Å². The summed E-state index contributed by atoms with van der Waals surface area (Å²) in [5.74, 6) is 0.360. The van der Waals surface area contributed by atoms with Crippen LogP contribution in [0.2, 0.25) is 0 Å². The maximum absolute atomic E-state index is 14.8. The van der Waals surface area contributed by atoms with Crippen molar-refractivity contribution >= 4 is 45.2 Å². The van der Waals surface area contributed by atoms with Crippen LogP contribution in [0.4, 0.5) is 31.9 Å². The fourth-order valence-electron chi connectivity index (χ4n) is 4.10. The maximum Gasteiger partial charge on any atom is 0.164 e. The van der Waals surface area contributed by atoms with E-state index in [1.165, 1.54) is 12.1 Å². The minimum atomic E-state index is -0.553. The first-order valence-corrected chi connectivity index (χ1v) is 11.8. The molecule has 0 spiro atoms. The third-order valence-electron chi connectivity index (χ3n) is 5.85. The first-order valence-electron chi connectivity index (χ1n) is 11.8. The average molecular weight is 507 g/mol. The van der Waals surface area contributed by atoms with Crippen molar-refractivity contribution in [2.45, 2.75) is 13.3 Å². The molecule has 0 saturated heterocycles. The highest BCUT2D eigenvalue weighted by Crippen LogP contribution is 2.24. The smallest absolute Gasteiger partial charge is 0.164 e. The number of aryl methyl sites for hydroxylation is 1. The Morgan fingerprint density at radius 3 is 2.47 bits per heavy atom. The molecule has 6 aromatic heterocycles. The highest BCUT2D eigenvalue weighted by Gasteiger charge is 2.11.